The first-order chi connectivity index (χ1) is 6.72. The van der Waals surface area contributed by atoms with Crippen molar-refractivity contribution in [1.29, 1.82) is 0 Å². The van der Waals surface area contributed by atoms with Crippen LogP contribution in [0.3, 0.4) is 0 Å². The lowest BCUT2D eigenvalue weighted by Crippen LogP contribution is -2.26. The monoisotopic (exact) mass is 210 g/mol. The Hall–Kier alpha value is -0.670. The van der Waals surface area contributed by atoms with E-state index in [-0.39, 0.29) is 0 Å². The third kappa shape index (κ3) is 2.04. The molecule has 0 aromatic carbocycles. The van der Waals surface area contributed by atoms with Crippen LogP contribution < -0.4 is 0 Å². The molecule has 0 saturated heterocycles. The average molecular weight is 210 g/mol. The number of aliphatic hydroxyl groups is 1. The zero-order valence-corrected chi connectivity index (χ0v) is 8.85. The molecule has 1 saturated carbocycles. The Balaban J connectivity index is 2.05. The van der Waals surface area contributed by atoms with E-state index in [1.54, 1.807) is 0 Å². The Kier molecular flexibility index (Phi) is 2.70. The molecule has 2 rings (SSSR count). The fourth-order valence-corrected chi connectivity index (χ4v) is 3.05. The van der Waals surface area contributed by atoms with Crippen molar-refractivity contribution in [1.82, 2.24) is 0 Å². The zero-order chi connectivity index (χ0) is 10.0. The zero-order valence-electron chi connectivity index (χ0n) is 8.03. The Morgan fingerprint density at radius 1 is 1.43 bits per heavy atom. The molecule has 1 fully saturated rings. The largest absolute Gasteiger partial charge is 0.390 e. The Bertz CT molecular complexity index is 324. The lowest BCUT2D eigenvalue weighted by molar-refractivity contribution is 0.0490. The van der Waals surface area contributed by atoms with Crippen molar-refractivity contribution in [2.24, 2.45) is 0 Å². The molecule has 1 N–H and O–H groups in total. The lowest BCUT2D eigenvalue weighted by atomic mass is 9.97. The van der Waals surface area contributed by atoms with Gasteiger partial charge in [0.05, 0.1) is 10.5 Å². The Morgan fingerprint density at radius 3 is 2.71 bits per heavy atom. The summed E-state index contributed by atoms with van der Waals surface area (Å²) in [5.74, 6) is 0. The fraction of sp³-hybridized carbons (Fsp3) is 0.545. The molecule has 0 atom stereocenters. The van der Waals surface area contributed by atoms with Crippen molar-refractivity contribution < 1.29 is 9.90 Å². The number of aldehydes is 1. The summed E-state index contributed by atoms with van der Waals surface area (Å²) in [6, 6.07) is 3.77. The summed E-state index contributed by atoms with van der Waals surface area (Å²) in [6.45, 7) is 0. The molecule has 0 radical (unpaired) electrons. The van der Waals surface area contributed by atoms with Gasteiger partial charge >= 0.3 is 0 Å². The van der Waals surface area contributed by atoms with Gasteiger partial charge in [-0.25, -0.2) is 0 Å². The Morgan fingerprint density at radius 2 is 2.14 bits per heavy atom. The molecule has 0 amide bonds. The summed E-state index contributed by atoms with van der Waals surface area (Å²) in [6.07, 6.45) is 5.64. The van der Waals surface area contributed by atoms with Crippen LogP contribution in [0.5, 0.6) is 0 Å². The van der Waals surface area contributed by atoms with Gasteiger partial charge in [0.2, 0.25) is 0 Å². The van der Waals surface area contributed by atoms with Crippen LogP contribution in [0.1, 0.15) is 40.2 Å². The number of carbonyl (C=O) groups excluding carboxylic acids is 1. The van der Waals surface area contributed by atoms with E-state index >= 15 is 0 Å². The van der Waals surface area contributed by atoms with E-state index < -0.39 is 5.60 Å². The molecule has 0 bridgehead atoms. The van der Waals surface area contributed by atoms with E-state index in [0.29, 0.717) is 6.42 Å². The lowest BCUT2D eigenvalue weighted by Gasteiger charge is -2.20. The minimum Gasteiger partial charge on any atom is -0.390 e. The van der Waals surface area contributed by atoms with Crippen LogP contribution in [-0.4, -0.2) is 17.0 Å². The SMILES string of the molecule is O=Cc1ccc(CC2(O)CCCC2)s1. The van der Waals surface area contributed by atoms with E-state index in [9.17, 15) is 9.90 Å². The fourth-order valence-electron chi connectivity index (χ4n) is 2.09. The summed E-state index contributed by atoms with van der Waals surface area (Å²) in [7, 11) is 0. The van der Waals surface area contributed by atoms with E-state index in [1.807, 2.05) is 12.1 Å². The van der Waals surface area contributed by atoms with Crippen LogP contribution in [0.25, 0.3) is 0 Å². The highest BCUT2D eigenvalue weighted by molar-refractivity contribution is 7.13. The number of carbonyl (C=O) groups is 1. The first kappa shape index (κ1) is 9.87. The topological polar surface area (TPSA) is 37.3 Å². The van der Waals surface area contributed by atoms with Gasteiger partial charge in [-0.1, -0.05) is 12.8 Å². The van der Waals surface area contributed by atoms with Crippen molar-refractivity contribution >= 4 is 17.6 Å². The van der Waals surface area contributed by atoms with Crippen molar-refractivity contribution in [2.45, 2.75) is 37.7 Å². The minimum absolute atomic E-state index is 0.495. The maximum Gasteiger partial charge on any atom is 0.160 e. The van der Waals surface area contributed by atoms with Gasteiger partial charge < -0.3 is 5.11 Å². The van der Waals surface area contributed by atoms with Crippen LogP contribution in [-0.2, 0) is 6.42 Å². The van der Waals surface area contributed by atoms with E-state index in [2.05, 4.69) is 0 Å². The highest BCUT2D eigenvalue weighted by Gasteiger charge is 2.31. The molecular weight excluding hydrogens is 196 g/mol. The molecule has 1 aliphatic carbocycles. The predicted octanol–water partition coefficient (Wildman–Crippen LogP) is 2.41. The van der Waals surface area contributed by atoms with E-state index in [4.69, 9.17) is 0 Å². The first-order valence-electron chi connectivity index (χ1n) is 4.98. The number of thiophene rings is 1. The van der Waals surface area contributed by atoms with Crippen LogP contribution >= 0.6 is 11.3 Å². The van der Waals surface area contributed by atoms with Crippen molar-refractivity contribution in [3.63, 3.8) is 0 Å². The predicted molar refractivity (Wildman–Crippen MR) is 56.8 cm³/mol. The quantitative estimate of drug-likeness (QED) is 0.778. The van der Waals surface area contributed by atoms with Gasteiger partial charge in [0.1, 0.15) is 0 Å². The number of hydrogen-bond acceptors (Lipinski definition) is 3. The van der Waals surface area contributed by atoms with Crippen molar-refractivity contribution in [3.05, 3.63) is 21.9 Å². The molecule has 1 aromatic rings. The molecule has 3 heteroatoms. The molecule has 0 spiro atoms. The number of rotatable bonds is 3. The van der Waals surface area contributed by atoms with Gasteiger partial charge in [0.25, 0.3) is 0 Å². The summed E-state index contributed by atoms with van der Waals surface area (Å²) < 4.78 is 0. The summed E-state index contributed by atoms with van der Waals surface area (Å²) in [5, 5.41) is 10.1. The summed E-state index contributed by atoms with van der Waals surface area (Å²) >= 11 is 1.49. The molecule has 76 valence electrons. The highest BCUT2D eigenvalue weighted by Crippen LogP contribution is 2.33. The minimum atomic E-state index is -0.495. The average Bonchev–Trinajstić information content (AvgIpc) is 2.75. The van der Waals surface area contributed by atoms with Gasteiger partial charge in [0, 0.05) is 11.3 Å². The second-order valence-electron chi connectivity index (χ2n) is 4.03. The second kappa shape index (κ2) is 3.83. The van der Waals surface area contributed by atoms with Gasteiger partial charge in [-0.2, -0.15) is 0 Å². The third-order valence-electron chi connectivity index (χ3n) is 2.84. The molecule has 1 aromatic heterocycles. The van der Waals surface area contributed by atoms with Crippen LogP contribution in [0.2, 0.25) is 0 Å². The standard InChI is InChI=1S/C11H14O2S/c12-8-10-4-3-9(14-10)7-11(13)5-1-2-6-11/h3-4,8,13H,1-2,5-7H2. The summed E-state index contributed by atoms with van der Waals surface area (Å²) in [4.78, 5) is 12.4. The molecule has 0 aliphatic heterocycles. The van der Waals surface area contributed by atoms with Gasteiger partial charge in [-0.05, 0) is 25.0 Å². The normalized spacial score (nSPS) is 19.8. The molecule has 0 unspecified atom stereocenters. The summed E-state index contributed by atoms with van der Waals surface area (Å²) in [5.41, 5.74) is -0.495. The molecular formula is C11H14O2S. The third-order valence-corrected chi connectivity index (χ3v) is 3.85. The highest BCUT2D eigenvalue weighted by atomic mass is 32.1. The van der Waals surface area contributed by atoms with Crippen molar-refractivity contribution in [2.75, 3.05) is 0 Å². The molecule has 1 aliphatic rings. The molecule has 1 heterocycles. The van der Waals surface area contributed by atoms with Crippen LogP contribution in [0.15, 0.2) is 12.1 Å². The van der Waals surface area contributed by atoms with Gasteiger partial charge in [-0.15, -0.1) is 11.3 Å². The second-order valence-corrected chi connectivity index (χ2v) is 5.23. The smallest absolute Gasteiger partial charge is 0.160 e. The van der Waals surface area contributed by atoms with Crippen LogP contribution in [0.4, 0.5) is 0 Å². The van der Waals surface area contributed by atoms with Crippen molar-refractivity contribution in [3.8, 4) is 0 Å². The van der Waals surface area contributed by atoms with E-state index in [1.165, 1.54) is 11.3 Å². The van der Waals surface area contributed by atoms with Gasteiger partial charge in [0.15, 0.2) is 6.29 Å². The molecule has 2 nitrogen and oxygen atoms in total. The van der Waals surface area contributed by atoms with E-state index in [0.717, 1.165) is 41.7 Å². The number of hydrogen-bond donors (Lipinski definition) is 1. The van der Waals surface area contributed by atoms with Crippen LogP contribution in [0, 0.1) is 0 Å². The van der Waals surface area contributed by atoms with Gasteiger partial charge in [-0.3, -0.25) is 4.79 Å². The molecule has 14 heavy (non-hydrogen) atoms. The maximum absolute atomic E-state index is 10.5. The Labute approximate surface area is 87.6 Å². The first-order valence-corrected chi connectivity index (χ1v) is 5.80. The maximum atomic E-state index is 10.5.